The maximum atomic E-state index is 13.2. The molecule has 1 aliphatic rings. The molecule has 0 saturated heterocycles. The zero-order valence-corrected chi connectivity index (χ0v) is 18.8. The highest BCUT2D eigenvalue weighted by molar-refractivity contribution is 7.99. The van der Waals surface area contributed by atoms with Gasteiger partial charge in [-0.2, -0.15) is 0 Å². The number of thiophene rings is 1. The zero-order valence-electron chi connectivity index (χ0n) is 17.2. The summed E-state index contributed by atoms with van der Waals surface area (Å²) in [6.45, 7) is 8.70. The molecule has 0 unspecified atom stereocenters. The normalized spacial score (nSPS) is 13.9. The van der Waals surface area contributed by atoms with Crippen LogP contribution in [0.5, 0.6) is 0 Å². The smallest absolute Gasteiger partial charge is 0.263 e. The molecule has 0 fully saturated rings. The lowest BCUT2D eigenvalue weighted by atomic mass is 10.0. The number of hydrogen-bond acceptors (Lipinski definition) is 5. The topological polar surface area (TPSA) is 55.2 Å². The predicted molar refractivity (Wildman–Crippen MR) is 122 cm³/mol. The summed E-state index contributed by atoms with van der Waals surface area (Å²) in [4.78, 5) is 34.7. The fraction of sp³-hybridized carbons (Fsp3) is 0.409. The number of para-hydroxylation sites is 1. The van der Waals surface area contributed by atoms with Crippen molar-refractivity contribution >= 4 is 44.9 Å². The molecule has 1 aliphatic heterocycles. The molecule has 4 rings (SSSR count). The lowest BCUT2D eigenvalue weighted by Gasteiger charge is -2.29. The van der Waals surface area contributed by atoms with Crippen LogP contribution in [0.1, 0.15) is 42.3 Å². The Hall–Kier alpha value is -2.12. The van der Waals surface area contributed by atoms with Crippen LogP contribution in [0.15, 0.2) is 34.2 Å². The first kappa shape index (κ1) is 20.2. The molecule has 0 N–H and O–H groups in total. The number of benzene rings is 1. The monoisotopic (exact) mass is 427 g/mol. The molecule has 0 saturated carbocycles. The van der Waals surface area contributed by atoms with Crippen molar-refractivity contribution < 1.29 is 4.79 Å². The summed E-state index contributed by atoms with van der Waals surface area (Å²) >= 11 is 2.91. The first-order chi connectivity index (χ1) is 13.9. The van der Waals surface area contributed by atoms with E-state index in [9.17, 15) is 9.59 Å². The van der Waals surface area contributed by atoms with E-state index >= 15 is 0 Å². The number of carbonyl (C=O) groups is 1. The molecule has 0 atom stereocenters. The first-order valence-electron chi connectivity index (χ1n) is 9.91. The summed E-state index contributed by atoms with van der Waals surface area (Å²) in [5, 5.41) is 1.33. The van der Waals surface area contributed by atoms with E-state index < -0.39 is 0 Å². The maximum absolute atomic E-state index is 13.2. The van der Waals surface area contributed by atoms with E-state index in [2.05, 4.69) is 6.07 Å². The molecule has 0 spiro atoms. The van der Waals surface area contributed by atoms with Crippen LogP contribution in [0.4, 0.5) is 5.69 Å². The van der Waals surface area contributed by atoms with Gasteiger partial charge in [-0.25, -0.2) is 4.98 Å². The van der Waals surface area contributed by atoms with Crippen molar-refractivity contribution in [3.63, 3.8) is 0 Å². The van der Waals surface area contributed by atoms with Gasteiger partial charge in [0.25, 0.3) is 5.56 Å². The van der Waals surface area contributed by atoms with Crippen molar-refractivity contribution in [1.29, 1.82) is 0 Å². The summed E-state index contributed by atoms with van der Waals surface area (Å²) in [6, 6.07) is 8.09. The van der Waals surface area contributed by atoms with E-state index in [-0.39, 0.29) is 23.3 Å². The summed E-state index contributed by atoms with van der Waals surface area (Å²) in [6.07, 6.45) is 1.98. The van der Waals surface area contributed by atoms with Gasteiger partial charge in [-0.3, -0.25) is 14.2 Å². The Morgan fingerprint density at radius 3 is 2.79 bits per heavy atom. The van der Waals surface area contributed by atoms with Gasteiger partial charge in [-0.1, -0.05) is 30.0 Å². The maximum Gasteiger partial charge on any atom is 0.263 e. The molecule has 152 valence electrons. The van der Waals surface area contributed by atoms with Crippen LogP contribution in [0, 0.1) is 13.8 Å². The van der Waals surface area contributed by atoms with E-state index in [1.165, 1.54) is 17.3 Å². The van der Waals surface area contributed by atoms with E-state index in [0.29, 0.717) is 10.5 Å². The number of hydrogen-bond donors (Lipinski definition) is 0. The molecule has 2 aromatic heterocycles. The van der Waals surface area contributed by atoms with Gasteiger partial charge in [0, 0.05) is 23.2 Å². The Morgan fingerprint density at radius 1 is 1.28 bits per heavy atom. The third-order valence-electron chi connectivity index (χ3n) is 5.46. The number of nitrogens with zero attached hydrogens (tertiary/aromatic N) is 3. The second kappa shape index (κ2) is 7.95. The Kier molecular flexibility index (Phi) is 5.53. The molecule has 0 radical (unpaired) electrons. The number of amides is 1. The minimum Gasteiger partial charge on any atom is -0.311 e. The number of carbonyl (C=O) groups excluding carboxylic acids is 1. The molecule has 0 aliphatic carbocycles. The van der Waals surface area contributed by atoms with Crippen LogP contribution in [-0.4, -0.2) is 27.8 Å². The summed E-state index contributed by atoms with van der Waals surface area (Å²) in [5.74, 6) is 0.327. The highest BCUT2D eigenvalue weighted by Gasteiger charge is 2.24. The summed E-state index contributed by atoms with van der Waals surface area (Å²) in [7, 11) is 0. The van der Waals surface area contributed by atoms with Crippen LogP contribution in [-0.2, 0) is 11.2 Å². The van der Waals surface area contributed by atoms with Gasteiger partial charge in [0.15, 0.2) is 5.16 Å². The minimum atomic E-state index is -0.0210. The van der Waals surface area contributed by atoms with Gasteiger partial charge >= 0.3 is 0 Å². The molecular formula is C22H25N3O2S2. The molecular weight excluding hydrogens is 402 g/mol. The summed E-state index contributed by atoms with van der Waals surface area (Å²) in [5.41, 5.74) is 3.23. The Labute approximate surface area is 178 Å². The average Bonchev–Trinajstić information content (AvgIpc) is 2.99. The van der Waals surface area contributed by atoms with Crippen LogP contribution in [0.25, 0.3) is 10.2 Å². The number of fused-ring (bicyclic) bond motifs is 2. The molecule has 3 aromatic rings. The van der Waals surface area contributed by atoms with Crippen molar-refractivity contribution in [2.24, 2.45) is 0 Å². The van der Waals surface area contributed by atoms with Crippen molar-refractivity contribution in [2.75, 3.05) is 17.2 Å². The average molecular weight is 428 g/mol. The van der Waals surface area contributed by atoms with E-state index in [1.54, 1.807) is 15.9 Å². The predicted octanol–water partition coefficient (Wildman–Crippen LogP) is 4.73. The van der Waals surface area contributed by atoms with Crippen LogP contribution >= 0.6 is 23.1 Å². The van der Waals surface area contributed by atoms with E-state index in [0.717, 1.165) is 40.3 Å². The van der Waals surface area contributed by atoms with Crippen LogP contribution in [0.2, 0.25) is 0 Å². The second-order valence-electron chi connectivity index (χ2n) is 7.69. The van der Waals surface area contributed by atoms with Gasteiger partial charge in [-0.15, -0.1) is 11.3 Å². The largest absolute Gasteiger partial charge is 0.311 e. The molecule has 7 heteroatoms. The quantitative estimate of drug-likeness (QED) is 0.446. The molecule has 1 aromatic carbocycles. The SMILES string of the molecule is Cc1sc2nc(SCC(=O)N3CCCc4ccccc43)n(C(C)C)c(=O)c2c1C. The molecule has 3 heterocycles. The van der Waals surface area contributed by atoms with Gasteiger partial charge in [-0.05, 0) is 57.7 Å². The summed E-state index contributed by atoms with van der Waals surface area (Å²) < 4.78 is 1.73. The molecule has 5 nitrogen and oxygen atoms in total. The number of aryl methyl sites for hydroxylation is 3. The van der Waals surface area contributed by atoms with Crippen molar-refractivity contribution in [3.05, 3.63) is 50.6 Å². The van der Waals surface area contributed by atoms with Crippen molar-refractivity contribution in [1.82, 2.24) is 9.55 Å². The standard InChI is InChI=1S/C22H25N3O2S2/c1-13(2)25-21(27)19-14(3)15(4)29-20(19)23-22(25)28-12-18(26)24-11-7-9-16-8-5-6-10-17(16)24/h5-6,8,10,13H,7,9,11-12H2,1-4H3. The van der Waals surface area contributed by atoms with Gasteiger partial charge < -0.3 is 4.90 Å². The number of thioether (sulfide) groups is 1. The van der Waals surface area contributed by atoms with Crippen LogP contribution < -0.4 is 10.5 Å². The van der Waals surface area contributed by atoms with Crippen molar-refractivity contribution in [2.45, 2.75) is 51.7 Å². The number of anilines is 1. The molecule has 29 heavy (non-hydrogen) atoms. The van der Waals surface area contributed by atoms with Gasteiger partial charge in [0.1, 0.15) is 4.83 Å². The lowest BCUT2D eigenvalue weighted by molar-refractivity contribution is -0.116. The van der Waals surface area contributed by atoms with Gasteiger partial charge in [0.05, 0.1) is 11.1 Å². The van der Waals surface area contributed by atoms with Gasteiger partial charge in [0.2, 0.25) is 5.91 Å². The minimum absolute atomic E-state index is 0.00915. The molecule has 0 bridgehead atoms. The third-order valence-corrected chi connectivity index (χ3v) is 7.49. The first-order valence-corrected chi connectivity index (χ1v) is 11.7. The fourth-order valence-corrected chi connectivity index (χ4v) is 5.92. The molecule has 1 amide bonds. The Morgan fingerprint density at radius 2 is 2.03 bits per heavy atom. The highest BCUT2D eigenvalue weighted by atomic mass is 32.2. The van der Waals surface area contributed by atoms with Crippen LogP contribution in [0.3, 0.4) is 0 Å². The number of aromatic nitrogens is 2. The fourth-order valence-electron chi connectivity index (χ4n) is 3.84. The second-order valence-corrected chi connectivity index (χ2v) is 9.84. The Bertz CT molecular complexity index is 1150. The third kappa shape index (κ3) is 3.62. The Balaban J connectivity index is 1.64. The number of rotatable bonds is 4. The highest BCUT2D eigenvalue weighted by Crippen LogP contribution is 2.31. The van der Waals surface area contributed by atoms with Crippen molar-refractivity contribution in [3.8, 4) is 0 Å². The lowest BCUT2D eigenvalue weighted by Crippen LogP contribution is -2.36. The van der Waals surface area contributed by atoms with E-state index in [1.807, 2.05) is 50.8 Å². The van der Waals surface area contributed by atoms with E-state index in [4.69, 9.17) is 4.98 Å². The zero-order chi connectivity index (χ0) is 20.7.